The summed E-state index contributed by atoms with van der Waals surface area (Å²) in [7, 11) is 0. The van der Waals surface area contributed by atoms with Crippen LogP contribution in [0.2, 0.25) is 0 Å². The van der Waals surface area contributed by atoms with Crippen LogP contribution in [0.15, 0.2) is 17.1 Å². The van der Waals surface area contributed by atoms with E-state index in [1.807, 2.05) is 13.8 Å². The number of H-pyrrole nitrogens is 1. The van der Waals surface area contributed by atoms with E-state index in [1.54, 1.807) is 6.20 Å². The van der Waals surface area contributed by atoms with Gasteiger partial charge in [-0.05, 0) is 12.8 Å². The van der Waals surface area contributed by atoms with Gasteiger partial charge >= 0.3 is 0 Å². The third-order valence-corrected chi connectivity index (χ3v) is 2.51. The highest BCUT2D eigenvalue weighted by Gasteiger charge is 2.03. The Kier molecular flexibility index (Phi) is 6.46. The molecule has 0 aliphatic rings. The Morgan fingerprint density at radius 2 is 2.22 bits per heavy atom. The van der Waals surface area contributed by atoms with Gasteiger partial charge in [0, 0.05) is 24.0 Å². The van der Waals surface area contributed by atoms with Crippen molar-refractivity contribution in [1.82, 2.24) is 4.98 Å². The van der Waals surface area contributed by atoms with Crippen LogP contribution in [0.1, 0.15) is 32.4 Å². The van der Waals surface area contributed by atoms with Crippen molar-refractivity contribution in [3.8, 4) is 5.75 Å². The highest BCUT2D eigenvalue weighted by atomic mass is 16.5. The Bertz CT molecular complexity index is 403. The third-order valence-electron chi connectivity index (χ3n) is 2.51. The monoisotopic (exact) mass is 254 g/mol. The van der Waals surface area contributed by atoms with Crippen LogP contribution in [0.25, 0.3) is 0 Å². The second kappa shape index (κ2) is 7.89. The molecule has 18 heavy (non-hydrogen) atoms. The number of nitrogens with two attached hydrogens (primary N) is 1. The van der Waals surface area contributed by atoms with Gasteiger partial charge in [0.1, 0.15) is 0 Å². The molecule has 1 heterocycles. The van der Waals surface area contributed by atoms with Crippen molar-refractivity contribution in [2.45, 2.75) is 39.3 Å². The smallest absolute Gasteiger partial charge is 0.223 e. The summed E-state index contributed by atoms with van der Waals surface area (Å²) in [4.78, 5) is 14.7. The van der Waals surface area contributed by atoms with Crippen LogP contribution < -0.4 is 15.9 Å². The minimum atomic E-state index is -0.124. The van der Waals surface area contributed by atoms with E-state index in [4.69, 9.17) is 15.2 Å². The molecule has 0 bridgehead atoms. The van der Waals surface area contributed by atoms with E-state index in [0.717, 1.165) is 18.5 Å². The van der Waals surface area contributed by atoms with Crippen LogP contribution in [0.3, 0.4) is 0 Å². The molecule has 5 nitrogen and oxygen atoms in total. The van der Waals surface area contributed by atoms with Gasteiger partial charge in [-0.2, -0.15) is 0 Å². The van der Waals surface area contributed by atoms with Crippen LogP contribution in [0, 0.1) is 0 Å². The average Bonchev–Trinajstić information content (AvgIpc) is 2.37. The lowest BCUT2D eigenvalue weighted by Gasteiger charge is -2.10. The van der Waals surface area contributed by atoms with Gasteiger partial charge in [-0.1, -0.05) is 13.8 Å². The lowest BCUT2D eigenvalue weighted by molar-refractivity contribution is 0.104. The molecule has 5 heteroatoms. The first kappa shape index (κ1) is 14.7. The number of ether oxygens (including phenoxy) is 2. The highest BCUT2D eigenvalue weighted by Crippen LogP contribution is 2.04. The maximum absolute atomic E-state index is 11.7. The average molecular weight is 254 g/mol. The number of hydrogen-bond acceptors (Lipinski definition) is 4. The highest BCUT2D eigenvalue weighted by molar-refractivity contribution is 5.20. The quantitative estimate of drug-likeness (QED) is 0.735. The SMILES string of the molecule is CCCOc1c[nH]c(COCC(N)CC)cc1=O. The Morgan fingerprint density at radius 1 is 1.44 bits per heavy atom. The first-order chi connectivity index (χ1) is 8.67. The van der Waals surface area contributed by atoms with Crippen LogP contribution in [-0.2, 0) is 11.3 Å². The molecule has 0 fully saturated rings. The van der Waals surface area contributed by atoms with Crippen LogP contribution >= 0.6 is 0 Å². The summed E-state index contributed by atoms with van der Waals surface area (Å²) in [5.74, 6) is 0.353. The lowest BCUT2D eigenvalue weighted by atomic mass is 10.3. The fourth-order valence-electron chi connectivity index (χ4n) is 1.35. The second-order valence-electron chi connectivity index (χ2n) is 4.22. The fourth-order valence-corrected chi connectivity index (χ4v) is 1.35. The van der Waals surface area contributed by atoms with Gasteiger partial charge < -0.3 is 20.2 Å². The van der Waals surface area contributed by atoms with E-state index >= 15 is 0 Å². The van der Waals surface area contributed by atoms with E-state index in [2.05, 4.69) is 4.98 Å². The van der Waals surface area contributed by atoms with Gasteiger partial charge in [0.25, 0.3) is 0 Å². The molecule has 1 unspecified atom stereocenters. The van der Waals surface area contributed by atoms with Crippen molar-refractivity contribution in [3.05, 3.63) is 28.2 Å². The van der Waals surface area contributed by atoms with E-state index < -0.39 is 0 Å². The number of pyridine rings is 1. The predicted octanol–water partition coefficient (Wildman–Crippen LogP) is 1.42. The standard InChI is InChI=1S/C13H22N2O3/c1-3-5-18-13-7-15-11(6-12(13)16)9-17-8-10(14)4-2/h6-7,10H,3-5,8-9,14H2,1-2H3,(H,15,16). The number of rotatable bonds is 8. The van der Waals surface area contributed by atoms with E-state index in [1.165, 1.54) is 6.07 Å². The lowest BCUT2D eigenvalue weighted by Crippen LogP contribution is -2.25. The largest absolute Gasteiger partial charge is 0.488 e. The molecule has 0 aliphatic carbocycles. The molecule has 0 radical (unpaired) electrons. The number of hydrogen-bond donors (Lipinski definition) is 2. The summed E-state index contributed by atoms with van der Waals surface area (Å²) in [6.07, 6.45) is 3.33. The van der Waals surface area contributed by atoms with Gasteiger partial charge in [0.05, 0.1) is 19.8 Å². The molecule has 0 saturated carbocycles. The Hall–Kier alpha value is -1.33. The van der Waals surface area contributed by atoms with Crippen LogP contribution in [0.4, 0.5) is 0 Å². The zero-order valence-electron chi connectivity index (χ0n) is 11.1. The molecule has 1 aromatic heterocycles. The summed E-state index contributed by atoms with van der Waals surface area (Å²) >= 11 is 0. The summed E-state index contributed by atoms with van der Waals surface area (Å²) in [5, 5.41) is 0. The molecule has 1 atom stereocenters. The van der Waals surface area contributed by atoms with Crippen LogP contribution in [0.5, 0.6) is 5.75 Å². The van der Waals surface area contributed by atoms with Crippen molar-refractivity contribution in [1.29, 1.82) is 0 Å². The molecule has 0 aromatic carbocycles. The van der Waals surface area contributed by atoms with Gasteiger partial charge in [-0.15, -0.1) is 0 Å². The van der Waals surface area contributed by atoms with Crippen molar-refractivity contribution >= 4 is 0 Å². The minimum Gasteiger partial charge on any atom is -0.488 e. The van der Waals surface area contributed by atoms with Crippen molar-refractivity contribution in [2.75, 3.05) is 13.2 Å². The topological polar surface area (TPSA) is 77.3 Å². The summed E-state index contributed by atoms with van der Waals surface area (Å²) in [6.45, 7) is 5.40. The van der Waals surface area contributed by atoms with Gasteiger partial charge in [-0.25, -0.2) is 0 Å². The second-order valence-corrected chi connectivity index (χ2v) is 4.22. The van der Waals surface area contributed by atoms with Gasteiger partial charge in [0.2, 0.25) is 5.43 Å². The maximum Gasteiger partial charge on any atom is 0.223 e. The Morgan fingerprint density at radius 3 is 2.83 bits per heavy atom. The number of nitrogens with one attached hydrogen (secondary N) is 1. The molecule has 102 valence electrons. The molecular weight excluding hydrogens is 232 g/mol. The zero-order chi connectivity index (χ0) is 13.4. The Balaban J connectivity index is 2.48. The molecule has 0 aliphatic heterocycles. The summed E-state index contributed by atoms with van der Waals surface area (Å²) in [6, 6.07) is 1.55. The van der Waals surface area contributed by atoms with E-state index in [9.17, 15) is 4.79 Å². The maximum atomic E-state index is 11.7. The summed E-state index contributed by atoms with van der Waals surface area (Å²) < 4.78 is 10.7. The van der Waals surface area contributed by atoms with Gasteiger partial charge in [0.15, 0.2) is 5.75 Å². The van der Waals surface area contributed by atoms with Crippen molar-refractivity contribution in [3.63, 3.8) is 0 Å². The molecule has 0 spiro atoms. The molecule has 1 rings (SSSR count). The minimum absolute atomic E-state index is 0.0453. The van der Waals surface area contributed by atoms with Crippen molar-refractivity contribution in [2.24, 2.45) is 5.73 Å². The first-order valence-electron chi connectivity index (χ1n) is 6.35. The Labute approximate surface area is 107 Å². The first-order valence-corrected chi connectivity index (χ1v) is 6.35. The van der Waals surface area contributed by atoms with Crippen molar-refractivity contribution < 1.29 is 9.47 Å². The van der Waals surface area contributed by atoms with E-state index in [0.29, 0.717) is 25.6 Å². The normalized spacial score (nSPS) is 12.4. The molecule has 3 N–H and O–H groups in total. The molecule has 0 saturated heterocycles. The fraction of sp³-hybridized carbons (Fsp3) is 0.615. The zero-order valence-corrected chi connectivity index (χ0v) is 11.1. The third kappa shape index (κ3) is 4.89. The molecule has 0 amide bonds. The van der Waals surface area contributed by atoms with E-state index in [-0.39, 0.29) is 11.5 Å². The number of aromatic amines is 1. The summed E-state index contributed by atoms with van der Waals surface area (Å²) in [5.41, 5.74) is 6.33. The van der Waals surface area contributed by atoms with Gasteiger partial charge in [-0.3, -0.25) is 4.79 Å². The van der Waals surface area contributed by atoms with Crippen LogP contribution in [-0.4, -0.2) is 24.2 Å². The number of aromatic nitrogens is 1. The predicted molar refractivity (Wildman–Crippen MR) is 70.8 cm³/mol. The molecule has 1 aromatic rings. The molecular formula is C13H22N2O3.